The van der Waals surface area contributed by atoms with Crippen molar-refractivity contribution < 1.29 is 13.7 Å². The van der Waals surface area contributed by atoms with E-state index in [0.717, 1.165) is 0 Å². The van der Waals surface area contributed by atoms with Crippen LogP contribution >= 0.6 is 47.0 Å². The molecule has 0 saturated heterocycles. The van der Waals surface area contributed by atoms with Gasteiger partial charge in [-0.05, 0) is 48.6 Å². The molecule has 2 aromatic carbocycles. The maximum Gasteiger partial charge on any atom is 0.259 e. The van der Waals surface area contributed by atoms with Gasteiger partial charge in [0.05, 0.1) is 4.90 Å². The Morgan fingerprint density at radius 3 is 2.28 bits per heavy atom. The largest absolute Gasteiger partial charge is 0.484 e. The van der Waals surface area contributed by atoms with Crippen molar-refractivity contribution in [2.75, 3.05) is 11.9 Å². The molecule has 0 radical (unpaired) electrons. The maximum atomic E-state index is 12.2. The fraction of sp³-hybridized carbons (Fsp3) is 0.176. The molecule has 156 valence electrons. The zero-order valence-electron chi connectivity index (χ0n) is 14.7. The normalized spacial score (nSPS) is 13.1. The second-order valence-electron chi connectivity index (χ2n) is 5.56. The summed E-state index contributed by atoms with van der Waals surface area (Å²) in [6.07, 6.45) is -1.13. The number of ether oxygens (including phenoxy) is 1. The summed E-state index contributed by atoms with van der Waals surface area (Å²) in [6, 6.07) is 15.2. The number of halogens is 3. The average Bonchev–Trinajstić information content (AvgIpc) is 2.66. The Labute approximate surface area is 190 Å². The molecule has 0 aliphatic heterocycles. The van der Waals surface area contributed by atoms with Crippen molar-refractivity contribution in [1.82, 2.24) is 10.6 Å². The molecule has 0 aliphatic rings. The van der Waals surface area contributed by atoms with Crippen molar-refractivity contribution in [3.63, 3.8) is 0 Å². The van der Waals surface area contributed by atoms with Crippen LogP contribution in [-0.2, 0) is 15.8 Å². The van der Waals surface area contributed by atoms with Crippen LogP contribution in [0.3, 0.4) is 0 Å². The highest BCUT2D eigenvalue weighted by atomic mass is 35.6. The maximum absolute atomic E-state index is 12.2. The van der Waals surface area contributed by atoms with Crippen LogP contribution in [0.25, 0.3) is 0 Å². The van der Waals surface area contributed by atoms with Gasteiger partial charge < -0.3 is 20.7 Å². The highest BCUT2D eigenvalue weighted by Gasteiger charge is 2.34. The molecule has 5 N–H and O–H groups in total. The lowest BCUT2D eigenvalue weighted by molar-refractivity contribution is -0.123. The minimum atomic E-state index is -1.89. The van der Waals surface area contributed by atoms with Crippen molar-refractivity contribution in [3.8, 4) is 5.75 Å². The zero-order chi connectivity index (χ0) is 21.4. The van der Waals surface area contributed by atoms with E-state index in [1.54, 1.807) is 48.5 Å². The van der Waals surface area contributed by atoms with Gasteiger partial charge >= 0.3 is 0 Å². The molecule has 2 rings (SSSR count). The Bertz CT molecular complexity index is 864. The van der Waals surface area contributed by atoms with Crippen LogP contribution in [0.5, 0.6) is 5.75 Å². The topological polar surface area (TPSA) is 105 Å². The first kappa shape index (κ1) is 23.7. The Morgan fingerprint density at radius 2 is 1.72 bits per heavy atom. The van der Waals surface area contributed by atoms with E-state index in [2.05, 4.69) is 16.0 Å². The van der Waals surface area contributed by atoms with E-state index in [9.17, 15) is 9.00 Å². The highest BCUT2D eigenvalue weighted by Crippen LogP contribution is 2.29. The molecule has 12 heteroatoms. The monoisotopic (exact) mass is 494 g/mol. The molecule has 0 bridgehead atoms. The van der Waals surface area contributed by atoms with E-state index in [4.69, 9.17) is 56.9 Å². The number of nitrogens with two attached hydrogens (primary N) is 1. The van der Waals surface area contributed by atoms with Crippen LogP contribution in [0.15, 0.2) is 59.5 Å². The van der Waals surface area contributed by atoms with Gasteiger partial charge in [-0.1, -0.05) is 53.0 Å². The molecule has 0 aromatic heterocycles. The number of hydrogen-bond donors (Lipinski definition) is 4. The third kappa shape index (κ3) is 8.33. The van der Waals surface area contributed by atoms with Gasteiger partial charge in [-0.3, -0.25) is 4.79 Å². The molecule has 29 heavy (non-hydrogen) atoms. The summed E-state index contributed by atoms with van der Waals surface area (Å²) < 4.78 is 14.7. The number of carbonyl (C=O) groups excluding carboxylic acids is 1. The number of rotatable bonds is 7. The quantitative estimate of drug-likeness (QED) is 0.267. The summed E-state index contributed by atoms with van der Waals surface area (Å²) in [6.45, 7) is -0.277. The first-order chi connectivity index (χ1) is 13.6. The molecule has 7 nitrogen and oxygen atoms in total. The SMILES string of the molecule is NS(=O)c1ccc(NC(=S)NC(NC(=O)COc2ccccc2)C(Cl)(Cl)Cl)cc1. The lowest BCUT2D eigenvalue weighted by atomic mass is 10.3. The molecule has 2 aromatic rings. The van der Waals surface area contributed by atoms with Gasteiger partial charge in [0.15, 0.2) is 11.7 Å². The fourth-order valence-corrected chi connectivity index (χ4v) is 3.01. The fourth-order valence-electron chi connectivity index (χ4n) is 2.04. The lowest BCUT2D eigenvalue weighted by Gasteiger charge is -2.27. The van der Waals surface area contributed by atoms with Crippen molar-refractivity contribution in [1.29, 1.82) is 0 Å². The van der Waals surface area contributed by atoms with Crippen LogP contribution in [-0.4, -0.2) is 31.8 Å². The highest BCUT2D eigenvalue weighted by molar-refractivity contribution is 7.82. The number of thiocarbonyl (C=S) groups is 1. The van der Waals surface area contributed by atoms with E-state index in [1.807, 2.05) is 6.07 Å². The van der Waals surface area contributed by atoms with Crippen molar-refractivity contribution in [2.24, 2.45) is 5.14 Å². The summed E-state index contributed by atoms with van der Waals surface area (Å²) in [4.78, 5) is 12.6. The minimum Gasteiger partial charge on any atom is -0.484 e. The molecular formula is C17H17Cl3N4O3S2. The molecular weight excluding hydrogens is 479 g/mol. The van der Waals surface area contributed by atoms with Crippen LogP contribution in [0.1, 0.15) is 0 Å². The van der Waals surface area contributed by atoms with Crippen LogP contribution in [0.2, 0.25) is 0 Å². The van der Waals surface area contributed by atoms with E-state index in [-0.39, 0.29) is 11.7 Å². The van der Waals surface area contributed by atoms with E-state index >= 15 is 0 Å². The van der Waals surface area contributed by atoms with Crippen LogP contribution in [0.4, 0.5) is 5.69 Å². The number of para-hydroxylation sites is 1. The minimum absolute atomic E-state index is 0.0900. The third-order valence-electron chi connectivity index (χ3n) is 3.37. The summed E-state index contributed by atoms with van der Waals surface area (Å²) >= 11 is 23.0. The summed E-state index contributed by atoms with van der Waals surface area (Å²) in [5, 5.41) is 13.5. The van der Waals surface area contributed by atoms with Gasteiger partial charge in [-0.2, -0.15) is 0 Å². The predicted molar refractivity (Wildman–Crippen MR) is 121 cm³/mol. The van der Waals surface area contributed by atoms with Crippen LogP contribution < -0.4 is 25.8 Å². The van der Waals surface area contributed by atoms with Gasteiger partial charge in [0, 0.05) is 5.69 Å². The van der Waals surface area contributed by atoms with Crippen molar-refractivity contribution in [3.05, 3.63) is 54.6 Å². The number of alkyl halides is 3. The molecule has 0 heterocycles. The summed E-state index contributed by atoms with van der Waals surface area (Å²) in [5.74, 6) is 0.00958. The van der Waals surface area contributed by atoms with E-state index in [1.165, 1.54) is 0 Å². The zero-order valence-corrected chi connectivity index (χ0v) is 18.6. The first-order valence-corrected chi connectivity index (χ1v) is 10.8. The molecule has 1 amide bonds. The molecule has 0 aliphatic carbocycles. The van der Waals surface area contributed by atoms with Crippen molar-refractivity contribution in [2.45, 2.75) is 14.9 Å². The summed E-state index contributed by atoms with van der Waals surface area (Å²) in [7, 11) is -1.58. The van der Waals surface area contributed by atoms with Gasteiger partial charge in [-0.15, -0.1) is 0 Å². The second-order valence-corrected chi connectivity index (χ2v) is 9.41. The molecule has 0 saturated carbocycles. The Balaban J connectivity index is 1.92. The Kier molecular flexibility index (Phi) is 8.94. The van der Waals surface area contributed by atoms with Gasteiger partial charge in [0.25, 0.3) is 5.91 Å². The molecule has 0 fully saturated rings. The number of hydrogen-bond acceptors (Lipinski definition) is 4. The number of anilines is 1. The average molecular weight is 496 g/mol. The van der Waals surface area contributed by atoms with Gasteiger partial charge in [0.1, 0.15) is 22.9 Å². The van der Waals surface area contributed by atoms with Crippen molar-refractivity contribution >= 4 is 74.7 Å². The summed E-state index contributed by atoms with van der Waals surface area (Å²) in [5.41, 5.74) is 0.582. The van der Waals surface area contributed by atoms with E-state index in [0.29, 0.717) is 16.3 Å². The molecule has 2 unspecified atom stereocenters. The number of carbonyl (C=O) groups is 1. The predicted octanol–water partition coefficient (Wildman–Crippen LogP) is 2.85. The van der Waals surface area contributed by atoms with E-state index < -0.39 is 26.9 Å². The standard InChI is InChI=1S/C17H17Cl3N4O3S2/c18-17(19,20)15(23-14(25)10-27-12-4-2-1-3-5-12)24-16(28)22-11-6-8-13(9-7-11)29(21)26/h1-9,15H,10,21H2,(H,23,25)(H2,22,24,28). The third-order valence-corrected chi connectivity index (χ3v) is 4.98. The molecule has 2 atom stereocenters. The van der Waals surface area contributed by atoms with Gasteiger partial charge in [-0.25, -0.2) is 9.35 Å². The Morgan fingerprint density at radius 1 is 1.10 bits per heavy atom. The first-order valence-electron chi connectivity index (χ1n) is 8.03. The number of nitrogens with one attached hydrogen (secondary N) is 3. The second kappa shape index (κ2) is 11.0. The smallest absolute Gasteiger partial charge is 0.259 e. The molecule has 0 spiro atoms. The van der Waals surface area contributed by atoms with Gasteiger partial charge in [0.2, 0.25) is 3.79 Å². The number of benzene rings is 2. The Hall–Kier alpha value is -1.62. The van der Waals surface area contributed by atoms with Crippen LogP contribution in [0, 0.1) is 0 Å². The lowest BCUT2D eigenvalue weighted by Crippen LogP contribution is -2.56. The number of amides is 1.